The molecule has 3 heterocycles. The number of nitrogens with zero attached hydrogens (tertiary/aromatic N) is 5. The van der Waals surface area contributed by atoms with Crippen molar-refractivity contribution in [3.05, 3.63) is 36.4 Å². The molecule has 1 saturated heterocycles. The Hall–Kier alpha value is -2.67. The summed E-state index contributed by atoms with van der Waals surface area (Å²) in [5.74, 6) is 3.59. The molecular formula is C20H24N6O. The first-order chi connectivity index (χ1) is 13.3. The smallest absolute Gasteiger partial charge is 0.257 e. The molecule has 2 aromatic heterocycles. The standard InChI is InChI=1S/C20H24N6O/c1-14-12-25(10-9-21-14)18-11-17(27-13-15-7-8-15)22-20-23-19(24-26(18)20)16-5-3-2-4-6-16/h2-6,11,14-15,21H,7-10,12-13H2,1H3. The molecule has 140 valence electrons. The van der Waals surface area contributed by atoms with Crippen LogP contribution in [-0.4, -0.2) is 51.9 Å². The number of hydrogen-bond donors (Lipinski definition) is 1. The topological polar surface area (TPSA) is 67.6 Å². The van der Waals surface area contributed by atoms with Crippen LogP contribution in [0.5, 0.6) is 5.88 Å². The number of nitrogens with one attached hydrogen (secondary N) is 1. The zero-order valence-corrected chi connectivity index (χ0v) is 15.5. The molecule has 3 aromatic rings. The Morgan fingerprint density at radius 2 is 2.04 bits per heavy atom. The minimum atomic E-state index is 0.426. The summed E-state index contributed by atoms with van der Waals surface area (Å²) in [5.41, 5.74) is 0.989. The van der Waals surface area contributed by atoms with Gasteiger partial charge in [0, 0.05) is 37.3 Å². The highest BCUT2D eigenvalue weighted by Crippen LogP contribution is 2.30. The second kappa shape index (κ2) is 6.81. The molecule has 1 N–H and O–H groups in total. The van der Waals surface area contributed by atoms with E-state index in [0.29, 0.717) is 29.4 Å². The molecule has 1 aromatic carbocycles. The number of hydrogen-bond acceptors (Lipinski definition) is 6. The third-order valence-corrected chi connectivity index (χ3v) is 5.16. The highest BCUT2D eigenvalue weighted by Gasteiger charge is 2.24. The van der Waals surface area contributed by atoms with Crippen LogP contribution in [0.3, 0.4) is 0 Å². The molecule has 0 spiro atoms. The Kier molecular flexibility index (Phi) is 4.16. The lowest BCUT2D eigenvalue weighted by Crippen LogP contribution is -2.49. The van der Waals surface area contributed by atoms with Crippen molar-refractivity contribution in [3.8, 4) is 17.3 Å². The molecule has 2 aliphatic rings. The molecule has 0 radical (unpaired) electrons. The van der Waals surface area contributed by atoms with Crippen LogP contribution < -0.4 is 15.0 Å². The highest BCUT2D eigenvalue weighted by molar-refractivity contribution is 5.59. The SMILES string of the molecule is CC1CN(c2cc(OCC3CC3)nc3nc(-c4ccccc4)nn23)CCN1. The average Bonchev–Trinajstić information content (AvgIpc) is 3.43. The Morgan fingerprint density at radius 3 is 2.81 bits per heavy atom. The third kappa shape index (κ3) is 3.47. The summed E-state index contributed by atoms with van der Waals surface area (Å²) in [6.45, 7) is 5.73. The second-order valence-corrected chi connectivity index (χ2v) is 7.52. The van der Waals surface area contributed by atoms with Gasteiger partial charge in [-0.05, 0) is 25.7 Å². The Bertz CT molecular complexity index is 936. The summed E-state index contributed by atoms with van der Waals surface area (Å²) in [5, 5.41) is 8.25. The van der Waals surface area contributed by atoms with Crippen molar-refractivity contribution in [3.63, 3.8) is 0 Å². The molecular weight excluding hydrogens is 340 g/mol. The molecule has 7 nitrogen and oxygen atoms in total. The van der Waals surface area contributed by atoms with Gasteiger partial charge in [0.25, 0.3) is 5.78 Å². The van der Waals surface area contributed by atoms with Crippen LogP contribution >= 0.6 is 0 Å². The van der Waals surface area contributed by atoms with E-state index >= 15 is 0 Å². The number of ether oxygens (including phenoxy) is 1. The first-order valence-corrected chi connectivity index (χ1v) is 9.70. The molecule has 2 fully saturated rings. The molecule has 1 saturated carbocycles. The number of anilines is 1. The molecule has 1 aliphatic carbocycles. The molecule has 1 aliphatic heterocycles. The van der Waals surface area contributed by atoms with E-state index in [1.807, 2.05) is 40.9 Å². The van der Waals surface area contributed by atoms with Gasteiger partial charge in [0.1, 0.15) is 5.82 Å². The van der Waals surface area contributed by atoms with Crippen LogP contribution in [0.2, 0.25) is 0 Å². The van der Waals surface area contributed by atoms with Gasteiger partial charge in [0.2, 0.25) is 5.88 Å². The van der Waals surface area contributed by atoms with Gasteiger partial charge >= 0.3 is 0 Å². The van der Waals surface area contributed by atoms with Crippen molar-refractivity contribution in [1.82, 2.24) is 24.9 Å². The summed E-state index contributed by atoms with van der Waals surface area (Å²) in [7, 11) is 0. The number of aromatic nitrogens is 4. The zero-order chi connectivity index (χ0) is 18.2. The van der Waals surface area contributed by atoms with Gasteiger partial charge in [0.15, 0.2) is 5.82 Å². The van der Waals surface area contributed by atoms with Crippen LogP contribution in [0.15, 0.2) is 36.4 Å². The monoisotopic (exact) mass is 364 g/mol. The maximum Gasteiger partial charge on any atom is 0.257 e. The van der Waals surface area contributed by atoms with Crippen molar-refractivity contribution < 1.29 is 4.74 Å². The van der Waals surface area contributed by atoms with E-state index in [1.54, 1.807) is 0 Å². The van der Waals surface area contributed by atoms with Gasteiger partial charge in [-0.1, -0.05) is 30.3 Å². The predicted octanol–water partition coefficient (Wildman–Crippen LogP) is 2.38. The molecule has 27 heavy (non-hydrogen) atoms. The van der Waals surface area contributed by atoms with E-state index in [0.717, 1.165) is 37.6 Å². The summed E-state index contributed by atoms with van der Waals surface area (Å²) in [4.78, 5) is 11.6. The second-order valence-electron chi connectivity index (χ2n) is 7.52. The molecule has 5 rings (SSSR count). The van der Waals surface area contributed by atoms with Crippen LogP contribution in [-0.2, 0) is 0 Å². The molecule has 1 atom stereocenters. The Balaban J connectivity index is 1.56. The molecule has 7 heteroatoms. The van der Waals surface area contributed by atoms with Crippen LogP contribution in [0.4, 0.5) is 5.82 Å². The van der Waals surface area contributed by atoms with Gasteiger partial charge in [-0.2, -0.15) is 14.5 Å². The largest absolute Gasteiger partial charge is 0.477 e. The lowest BCUT2D eigenvalue weighted by atomic mass is 10.2. The maximum atomic E-state index is 5.98. The highest BCUT2D eigenvalue weighted by atomic mass is 16.5. The van der Waals surface area contributed by atoms with Crippen molar-refractivity contribution in [1.29, 1.82) is 0 Å². The number of fused-ring (bicyclic) bond motifs is 1. The fourth-order valence-electron chi connectivity index (χ4n) is 3.47. The lowest BCUT2D eigenvalue weighted by molar-refractivity contribution is 0.288. The normalized spacial score (nSPS) is 20.2. The van der Waals surface area contributed by atoms with Crippen LogP contribution in [0.25, 0.3) is 17.2 Å². The number of rotatable bonds is 5. The minimum Gasteiger partial charge on any atom is -0.477 e. The minimum absolute atomic E-state index is 0.426. The third-order valence-electron chi connectivity index (χ3n) is 5.16. The Morgan fingerprint density at radius 1 is 1.19 bits per heavy atom. The summed E-state index contributed by atoms with van der Waals surface area (Å²) < 4.78 is 7.83. The van der Waals surface area contributed by atoms with E-state index < -0.39 is 0 Å². The van der Waals surface area contributed by atoms with Gasteiger partial charge in [-0.25, -0.2) is 0 Å². The van der Waals surface area contributed by atoms with Gasteiger partial charge in [-0.15, -0.1) is 5.10 Å². The van der Waals surface area contributed by atoms with Crippen molar-refractivity contribution >= 4 is 11.6 Å². The van der Waals surface area contributed by atoms with E-state index in [2.05, 4.69) is 27.1 Å². The summed E-state index contributed by atoms with van der Waals surface area (Å²) >= 11 is 0. The van der Waals surface area contributed by atoms with E-state index in [4.69, 9.17) is 9.84 Å². The van der Waals surface area contributed by atoms with Crippen molar-refractivity contribution in [2.45, 2.75) is 25.8 Å². The predicted molar refractivity (Wildman–Crippen MR) is 104 cm³/mol. The van der Waals surface area contributed by atoms with E-state index in [-0.39, 0.29) is 0 Å². The first-order valence-electron chi connectivity index (χ1n) is 9.70. The lowest BCUT2D eigenvalue weighted by Gasteiger charge is -2.33. The quantitative estimate of drug-likeness (QED) is 0.750. The summed E-state index contributed by atoms with van der Waals surface area (Å²) in [6.07, 6.45) is 2.51. The first kappa shape index (κ1) is 16.5. The van der Waals surface area contributed by atoms with Gasteiger partial charge in [-0.3, -0.25) is 0 Å². The fraction of sp³-hybridized carbons (Fsp3) is 0.450. The fourth-order valence-corrected chi connectivity index (χ4v) is 3.47. The zero-order valence-electron chi connectivity index (χ0n) is 15.5. The van der Waals surface area contributed by atoms with E-state index in [9.17, 15) is 0 Å². The molecule has 0 bridgehead atoms. The molecule has 1 unspecified atom stereocenters. The van der Waals surface area contributed by atoms with Gasteiger partial charge in [0.05, 0.1) is 6.61 Å². The van der Waals surface area contributed by atoms with Crippen molar-refractivity contribution in [2.75, 3.05) is 31.1 Å². The van der Waals surface area contributed by atoms with Gasteiger partial charge < -0.3 is 15.0 Å². The average molecular weight is 364 g/mol. The maximum absolute atomic E-state index is 5.98. The summed E-state index contributed by atoms with van der Waals surface area (Å²) in [6, 6.07) is 12.5. The molecule has 0 amide bonds. The Labute approximate surface area is 158 Å². The number of piperazine rings is 1. The van der Waals surface area contributed by atoms with E-state index in [1.165, 1.54) is 12.8 Å². The van der Waals surface area contributed by atoms with Crippen LogP contribution in [0, 0.1) is 5.92 Å². The van der Waals surface area contributed by atoms with Crippen molar-refractivity contribution in [2.24, 2.45) is 5.92 Å². The number of benzene rings is 1. The van der Waals surface area contributed by atoms with Crippen LogP contribution in [0.1, 0.15) is 19.8 Å².